The molecule has 5 heteroatoms. The minimum absolute atomic E-state index is 0.131. The Morgan fingerprint density at radius 3 is 1.56 bits per heavy atom. The molecule has 1 heterocycles. The van der Waals surface area contributed by atoms with Gasteiger partial charge in [0.25, 0.3) is 16.3 Å². The van der Waals surface area contributed by atoms with E-state index in [2.05, 4.69) is 9.97 Å². The maximum atomic E-state index is 11.4. The second-order valence-corrected chi connectivity index (χ2v) is 3.40. The zero-order valence-electron chi connectivity index (χ0n) is 7.93. The maximum absolute atomic E-state index is 11.4. The lowest BCUT2D eigenvalue weighted by Crippen LogP contribution is -2.29. The first-order valence-corrected chi connectivity index (χ1v) is 4.58. The zero-order valence-corrected chi connectivity index (χ0v) is 7.93. The average molecular weight is 212 g/mol. The largest absolute Gasteiger partial charge is 0.283 e. The Morgan fingerprint density at radius 2 is 1.12 bits per heavy atom. The molecule has 1 aromatic heterocycles. The Labute approximate surface area is 87.7 Å². The van der Waals surface area contributed by atoms with E-state index in [1.807, 2.05) is 0 Å². The fourth-order valence-electron chi connectivity index (χ4n) is 1.63. The van der Waals surface area contributed by atoms with Crippen molar-refractivity contribution < 1.29 is 0 Å². The van der Waals surface area contributed by atoms with Gasteiger partial charge < -0.3 is 0 Å². The molecule has 16 heavy (non-hydrogen) atoms. The van der Waals surface area contributed by atoms with Crippen molar-refractivity contribution in [3.05, 3.63) is 54.9 Å². The number of hydrogen-bond donors (Lipinski definition) is 0. The first-order chi connectivity index (χ1) is 7.68. The van der Waals surface area contributed by atoms with Crippen LogP contribution in [0.3, 0.4) is 0 Å². The molecule has 0 saturated carbocycles. The van der Waals surface area contributed by atoms with Crippen molar-refractivity contribution in [2.75, 3.05) is 0 Å². The highest BCUT2D eigenvalue weighted by Crippen LogP contribution is 2.10. The van der Waals surface area contributed by atoms with Crippen LogP contribution in [0.4, 0.5) is 0 Å². The van der Waals surface area contributed by atoms with Gasteiger partial charge in [-0.05, 0) is 12.1 Å². The molecular weight excluding hydrogens is 208 g/mol. The van der Waals surface area contributed by atoms with E-state index in [0.717, 1.165) is 0 Å². The molecule has 0 fully saturated rings. The first-order valence-electron chi connectivity index (χ1n) is 4.58. The summed E-state index contributed by atoms with van der Waals surface area (Å²) in [7, 11) is 0. The summed E-state index contributed by atoms with van der Waals surface area (Å²) < 4.78 is 0. The van der Waals surface area contributed by atoms with Gasteiger partial charge in [-0.2, -0.15) is 0 Å². The summed E-state index contributed by atoms with van der Waals surface area (Å²) in [6.07, 6.45) is 0. The highest BCUT2D eigenvalue weighted by Gasteiger charge is 2.15. The van der Waals surface area contributed by atoms with Crippen LogP contribution in [-0.2, 0) is 0 Å². The normalized spacial score (nSPS) is 11.2. The first kappa shape index (κ1) is 8.84. The molecule has 2 aromatic carbocycles. The molecular formula is C11H4N2O3. The third kappa shape index (κ3) is 0.967. The predicted octanol–water partition coefficient (Wildman–Crippen LogP) is -0.261. The summed E-state index contributed by atoms with van der Waals surface area (Å²) >= 11 is 0. The Hall–Kier alpha value is -2.43. The van der Waals surface area contributed by atoms with Crippen molar-refractivity contribution in [2.45, 2.75) is 0 Å². The van der Waals surface area contributed by atoms with Crippen molar-refractivity contribution in [3.8, 4) is 0 Å². The van der Waals surface area contributed by atoms with E-state index in [1.165, 1.54) is 0 Å². The standard InChI is InChI=1S/C11H4N2O3/c14-9-7-8(10(15)11(9)16)13-6-4-2-1-3-5(6)12-7/h1-4H. The third-order valence-electron chi connectivity index (χ3n) is 2.41. The molecule has 3 aromatic rings. The fourth-order valence-corrected chi connectivity index (χ4v) is 1.63. The quantitative estimate of drug-likeness (QED) is 0.480. The molecule has 0 atom stereocenters. The van der Waals surface area contributed by atoms with Crippen LogP contribution in [0.2, 0.25) is 0 Å². The van der Waals surface area contributed by atoms with Gasteiger partial charge in [0.05, 0.1) is 11.0 Å². The molecule has 0 saturated heterocycles. The van der Waals surface area contributed by atoms with Crippen LogP contribution in [0.5, 0.6) is 0 Å². The Kier molecular flexibility index (Phi) is 1.54. The zero-order chi connectivity index (χ0) is 11.3. The van der Waals surface area contributed by atoms with Crippen molar-refractivity contribution in [3.63, 3.8) is 0 Å². The lowest BCUT2D eigenvalue weighted by molar-refractivity contribution is 1.40. The SMILES string of the molecule is O=c1c(=O)c2nc3ccccc3nc2c1=O. The lowest BCUT2D eigenvalue weighted by Gasteiger charge is -1.94. The van der Waals surface area contributed by atoms with E-state index >= 15 is 0 Å². The monoisotopic (exact) mass is 212 g/mol. The lowest BCUT2D eigenvalue weighted by atomic mass is 10.3. The van der Waals surface area contributed by atoms with E-state index in [0.29, 0.717) is 11.0 Å². The number of para-hydroxylation sites is 2. The van der Waals surface area contributed by atoms with E-state index in [1.54, 1.807) is 24.3 Å². The van der Waals surface area contributed by atoms with Crippen LogP contribution in [-0.4, -0.2) is 9.97 Å². The van der Waals surface area contributed by atoms with E-state index < -0.39 is 16.3 Å². The molecule has 0 aliphatic rings. The smallest absolute Gasteiger partial charge is 0.277 e. The number of nitrogens with zero attached hydrogens (tertiary/aromatic N) is 2. The van der Waals surface area contributed by atoms with Crippen LogP contribution in [0.15, 0.2) is 38.6 Å². The van der Waals surface area contributed by atoms with Gasteiger partial charge in [0.15, 0.2) is 0 Å². The predicted molar refractivity (Wildman–Crippen MR) is 58.2 cm³/mol. The highest BCUT2D eigenvalue weighted by atomic mass is 16.2. The molecule has 0 aliphatic heterocycles. The topological polar surface area (TPSA) is 77.0 Å². The van der Waals surface area contributed by atoms with Gasteiger partial charge in [-0.25, -0.2) is 9.97 Å². The Balaban J connectivity index is 2.73. The molecule has 0 aliphatic carbocycles. The van der Waals surface area contributed by atoms with Crippen LogP contribution >= 0.6 is 0 Å². The summed E-state index contributed by atoms with van der Waals surface area (Å²) in [4.78, 5) is 41.9. The summed E-state index contributed by atoms with van der Waals surface area (Å²) in [5, 5.41) is 0. The van der Waals surface area contributed by atoms with Crippen molar-refractivity contribution in [1.82, 2.24) is 9.97 Å². The van der Waals surface area contributed by atoms with Crippen LogP contribution < -0.4 is 16.3 Å². The van der Waals surface area contributed by atoms with Crippen LogP contribution in [0, 0.1) is 0 Å². The molecule has 0 radical (unpaired) electrons. The second-order valence-electron chi connectivity index (χ2n) is 3.40. The van der Waals surface area contributed by atoms with Crippen molar-refractivity contribution in [2.24, 2.45) is 0 Å². The van der Waals surface area contributed by atoms with Gasteiger partial charge in [0, 0.05) is 0 Å². The highest BCUT2D eigenvalue weighted by molar-refractivity contribution is 5.86. The third-order valence-corrected chi connectivity index (χ3v) is 2.41. The molecule has 0 spiro atoms. The fraction of sp³-hybridized carbons (Fsp3) is 0. The summed E-state index contributed by atoms with van der Waals surface area (Å²) in [6.45, 7) is 0. The Bertz CT molecular complexity index is 791. The molecule has 0 bridgehead atoms. The summed E-state index contributed by atoms with van der Waals surface area (Å²) in [5.74, 6) is 0. The number of aromatic nitrogens is 2. The number of rotatable bonds is 0. The van der Waals surface area contributed by atoms with Gasteiger partial charge in [0.1, 0.15) is 11.0 Å². The van der Waals surface area contributed by atoms with E-state index in [-0.39, 0.29) is 11.0 Å². The maximum Gasteiger partial charge on any atom is 0.277 e. The van der Waals surface area contributed by atoms with Crippen molar-refractivity contribution >= 4 is 22.1 Å². The van der Waals surface area contributed by atoms with Gasteiger partial charge in [-0.15, -0.1) is 0 Å². The van der Waals surface area contributed by atoms with E-state index in [4.69, 9.17) is 0 Å². The molecule has 0 N–H and O–H groups in total. The molecule has 76 valence electrons. The van der Waals surface area contributed by atoms with Crippen molar-refractivity contribution in [1.29, 1.82) is 0 Å². The number of fused-ring (bicyclic) bond motifs is 2. The number of benzene rings is 1. The van der Waals surface area contributed by atoms with Gasteiger partial charge >= 0.3 is 0 Å². The Morgan fingerprint density at radius 1 is 0.688 bits per heavy atom. The average Bonchev–Trinajstić information content (AvgIpc) is 2.52. The molecule has 5 nitrogen and oxygen atoms in total. The summed E-state index contributed by atoms with van der Waals surface area (Å²) in [6, 6.07) is 6.82. The van der Waals surface area contributed by atoms with E-state index in [9.17, 15) is 14.4 Å². The molecule has 3 rings (SSSR count). The summed E-state index contributed by atoms with van der Waals surface area (Å²) in [5.41, 5.74) is -2.04. The molecule has 0 unspecified atom stereocenters. The van der Waals surface area contributed by atoms with Gasteiger partial charge in [-0.1, -0.05) is 12.1 Å². The van der Waals surface area contributed by atoms with Gasteiger partial charge in [0.2, 0.25) is 0 Å². The van der Waals surface area contributed by atoms with Gasteiger partial charge in [-0.3, -0.25) is 14.4 Å². The van der Waals surface area contributed by atoms with Crippen LogP contribution in [0.1, 0.15) is 0 Å². The van der Waals surface area contributed by atoms with Crippen LogP contribution in [0.25, 0.3) is 22.1 Å². The molecule has 0 amide bonds. The minimum Gasteiger partial charge on any atom is -0.283 e. The minimum atomic E-state index is -1.05. The number of hydrogen-bond acceptors (Lipinski definition) is 5. The second kappa shape index (κ2) is 2.79.